The predicted octanol–water partition coefficient (Wildman–Crippen LogP) is 2.39. The van der Waals surface area contributed by atoms with E-state index in [-0.39, 0.29) is 6.61 Å². The highest BCUT2D eigenvalue weighted by molar-refractivity contribution is 5.68. The van der Waals surface area contributed by atoms with E-state index in [4.69, 9.17) is 9.84 Å². The standard InChI is InChI=1S/C14H19NO3/c1-11-6-8-15(9-7-11)12-2-4-13(5-3-12)18-10-14(16)17/h2-5,11H,6-10H2,1H3,(H,16,17). The third kappa shape index (κ3) is 3.39. The molecule has 98 valence electrons. The number of carboxylic acid groups (broad SMARTS) is 1. The van der Waals surface area contributed by atoms with Crippen molar-refractivity contribution < 1.29 is 14.6 Å². The van der Waals surface area contributed by atoms with E-state index in [1.807, 2.05) is 24.3 Å². The van der Waals surface area contributed by atoms with Crippen LogP contribution in [0, 0.1) is 5.92 Å². The largest absolute Gasteiger partial charge is 0.482 e. The summed E-state index contributed by atoms with van der Waals surface area (Å²) in [5.41, 5.74) is 1.18. The molecule has 0 radical (unpaired) electrons. The number of benzene rings is 1. The molecule has 1 heterocycles. The van der Waals surface area contributed by atoms with E-state index in [2.05, 4.69) is 11.8 Å². The minimum absolute atomic E-state index is 0.291. The molecular weight excluding hydrogens is 230 g/mol. The third-order valence-electron chi connectivity index (χ3n) is 3.35. The molecule has 18 heavy (non-hydrogen) atoms. The lowest BCUT2D eigenvalue weighted by Gasteiger charge is -2.32. The summed E-state index contributed by atoms with van der Waals surface area (Å²) in [5, 5.41) is 8.52. The molecule has 1 fully saturated rings. The Kier molecular flexibility index (Phi) is 4.07. The lowest BCUT2D eigenvalue weighted by atomic mass is 9.99. The van der Waals surface area contributed by atoms with Gasteiger partial charge in [0, 0.05) is 18.8 Å². The number of piperidine rings is 1. The Labute approximate surface area is 107 Å². The van der Waals surface area contributed by atoms with E-state index in [0.29, 0.717) is 5.75 Å². The first-order chi connectivity index (χ1) is 8.65. The normalized spacial score (nSPS) is 16.6. The van der Waals surface area contributed by atoms with Crippen LogP contribution in [0.3, 0.4) is 0 Å². The average molecular weight is 249 g/mol. The van der Waals surface area contributed by atoms with Crippen LogP contribution in [0.15, 0.2) is 24.3 Å². The van der Waals surface area contributed by atoms with Gasteiger partial charge in [-0.25, -0.2) is 4.79 Å². The molecule has 1 N–H and O–H groups in total. The van der Waals surface area contributed by atoms with Crippen LogP contribution in [0.2, 0.25) is 0 Å². The molecular formula is C14H19NO3. The summed E-state index contributed by atoms with van der Waals surface area (Å²) in [7, 11) is 0. The van der Waals surface area contributed by atoms with Gasteiger partial charge in [0.2, 0.25) is 0 Å². The van der Waals surface area contributed by atoms with Crippen LogP contribution in [0.1, 0.15) is 19.8 Å². The third-order valence-corrected chi connectivity index (χ3v) is 3.35. The number of anilines is 1. The summed E-state index contributed by atoms with van der Waals surface area (Å²) in [4.78, 5) is 12.7. The van der Waals surface area contributed by atoms with E-state index in [0.717, 1.165) is 19.0 Å². The quantitative estimate of drug-likeness (QED) is 0.890. The van der Waals surface area contributed by atoms with Gasteiger partial charge in [-0.2, -0.15) is 0 Å². The first kappa shape index (κ1) is 12.7. The van der Waals surface area contributed by atoms with Crippen molar-refractivity contribution in [3.63, 3.8) is 0 Å². The number of carbonyl (C=O) groups is 1. The van der Waals surface area contributed by atoms with Crippen molar-refractivity contribution in [2.45, 2.75) is 19.8 Å². The highest BCUT2D eigenvalue weighted by Gasteiger charge is 2.15. The summed E-state index contributed by atoms with van der Waals surface area (Å²) >= 11 is 0. The van der Waals surface area contributed by atoms with Gasteiger partial charge in [0.15, 0.2) is 6.61 Å². The molecule has 1 aliphatic heterocycles. The Bertz CT molecular complexity index is 394. The van der Waals surface area contributed by atoms with Gasteiger partial charge in [-0.05, 0) is 43.0 Å². The molecule has 1 aliphatic rings. The molecule has 0 aliphatic carbocycles. The van der Waals surface area contributed by atoms with E-state index >= 15 is 0 Å². The zero-order valence-electron chi connectivity index (χ0n) is 10.6. The number of carboxylic acids is 1. The second-order valence-corrected chi connectivity index (χ2v) is 4.85. The fourth-order valence-corrected chi connectivity index (χ4v) is 2.17. The van der Waals surface area contributed by atoms with Gasteiger partial charge in [-0.1, -0.05) is 6.92 Å². The monoisotopic (exact) mass is 249 g/mol. The fourth-order valence-electron chi connectivity index (χ4n) is 2.17. The van der Waals surface area contributed by atoms with Gasteiger partial charge in [-0.3, -0.25) is 0 Å². The molecule has 0 unspecified atom stereocenters. The van der Waals surface area contributed by atoms with Crippen LogP contribution in [-0.2, 0) is 4.79 Å². The molecule has 1 aromatic rings. The molecule has 1 saturated heterocycles. The Morgan fingerprint density at radius 3 is 2.50 bits per heavy atom. The number of hydrogen-bond acceptors (Lipinski definition) is 3. The molecule has 0 saturated carbocycles. The van der Waals surface area contributed by atoms with Gasteiger partial charge in [-0.15, -0.1) is 0 Å². The van der Waals surface area contributed by atoms with E-state index in [1.54, 1.807) is 0 Å². The molecule has 1 aromatic carbocycles. The smallest absolute Gasteiger partial charge is 0.341 e. The van der Waals surface area contributed by atoms with Crippen LogP contribution in [0.5, 0.6) is 5.75 Å². The van der Waals surface area contributed by atoms with Crippen molar-refractivity contribution >= 4 is 11.7 Å². The first-order valence-corrected chi connectivity index (χ1v) is 6.35. The minimum atomic E-state index is -0.955. The number of ether oxygens (including phenoxy) is 1. The maximum absolute atomic E-state index is 10.4. The lowest BCUT2D eigenvalue weighted by Crippen LogP contribution is -2.32. The molecule has 0 bridgehead atoms. The Balaban J connectivity index is 1.93. The van der Waals surface area contributed by atoms with E-state index in [1.165, 1.54) is 18.5 Å². The number of aliphatic carboxylic acids is 1. The fraction of sp³-hybridized carbons (Fsp3) is 0.500. The van der Waals surface area contributed by atoms with Crippen molar-refractivity contribution in [1.29, 1.82) is 0 Å². The number of hydrogen-bond donors (Lipinski definition) is 1. The second-order valence-electron chi connectivity index (χ2n) is 4.85. The van der Waals surface area contributed by atoms with Crippen molar-refractivity contribution in [3.05, 3.63) is 24.3 Å². The van der Waals surface area contributed by atoms with Gasteiger partial charge in [0.1, 0.15) is 5.75 Å². The summed E-state index contributed by atoms with van der Waals surface area (Å²) < 4.78 is 5.11. The predicted molar refractivity (Wildman–Crippen MR) is 70.2 cm³/mol. The second kappa shape index (κ2) is 5.76. The van der Waals surface area contributed by atoms with Crippen molar-refractivity contribution in [2.24, 2.45) is 5.92 Å². The topological polar surface area (TPSA) is 49.8 Å². The average Bonchev–Trinajstić information content (AvgIpc) is 2.38. The van der Waals surface area contributed by atoms with Crippen LogP contribution in [0.25, 0.3) is 0 Å². The zero-order chi connectivity index (χ0) is 13.0. The van der Waals surface area contributed by atoms with E-state index < -0.39 is 5.97 Å². The molecule has 0 atom stereocenters. The van der Waals surface area contributed by atoms with Gasteiger partial charge in [0.25, 0.3) is 0 Å². The van der Waals surface area contributed by atoms with Crippen LogP contribution in [0.4, 0.5) is 5.69 Å². The Hall–Kier alpha value is -1.71. The molecule has 2 rings (SSSR count). The van der Waals surface area contributed by atoms with E-state index in [9.17, 15) is 4.79 Å². The Morgan fingerprint density at radius 2 is 1.94 bits per heavy atom. The Morgan fingerprint density at radius 1 is 1.33 bits per heavy atom. The summed E-state index contributed by atoms with van der Waals surface area (Å²) in [6, 6.07) is 7.65. The van der Waals surface area contributed by atoms with Crippen LogP contribution in [-0.4, -0.2) is 30.8 Å². The SMILES string of the molecule is CC1CCN(c2ccc(OCC(=O)O)cc2)CC1. The number of rotatable bonds is 4. The molecule has 0 aromatic heterocycles. The number of nitrogens with zero attached hydrogens (tertiary/aromatic N) is 1. The van der Waals surface area contributed by atoms with Crippen molar-refractivity contribution in [3.8, 4) is 5.75 Å². The molecule has 0 amide bonds. The summed E-state index contributed by atoms with van der Waals surface area (Å²) in [5.74, 6) is 0.468. The molecule has 4 nitrogen and oxygen atoms in total. The summed E-state index contributed by atoms with van der Waals surface area (Å²) in [6.07, 6.45) is 2.47. The first-order valence-electron chi connectivity index (χ1n) is 6.35. The van der Waals surface area contributed by atoms with Gasteiger partial charge < -0.3 is 14.7 Å². The lowest BCUT2D eigenvalue weighted by molar-refractivity contribution is -0.139. The van der Waals surface area contributed by atoms with Crippen molar-refractivity contribution in [1.82, 2.24) is 0 Å². The maximum Gasteiger partial charge on any atom is 0.341 e. The highest BCUT2D eigenvalue weighted by atomic mass is 16.5. The zero-order valence-corrected chi connectivity index (χ0v) is 10.6. The van der Waals surface area contributed by atoms with Gasteiger partial charge in [0.05, 0.1) is 0 Å². The molecule has 0 spiro atoms. The highest BCUT2D eigenvalue weighted by Crippen LogP contribution is 2.24. The minimum Gasteiger partial charge on any atom is -0.482 e. The van der Waals surface area contributed by atoms with Crippen LogP contribution < -0.4 is 9.64 Å². The van der Waals surface area contributed by atoms with Crippen LogP contribution >= 0.6 is 0 Å². The van der Waals surface area contributed by atoms with Gasteiger partial charge >= 0.3 is 5.97 Å². The molecule has 4 heteroatoms. The summed E-state index contributed by atoms with van der Waals surface area (Å²) in [6.45, 7) is 4.19. The van der Waals surface area contributed by atoms with Crippen molar-refractivity contribution in [2.75, 3.05) is 24.6 Å². The maximum atomic E-state index is 10.4.